The van der Waals surface area contributed by atoms with Crippen LogP contribution in [0.3, 0.4) is 0 Å². The molecule has 0 aliphatic carbocycles. The number of carbonyl (C=O) groups excluding carboxylic acids is 1. The van der Waals surface area contributed by atoms with E-state index >= 15 is 0 Å². The molecule has 146 valence electrons. The lowest BCUT2D eigenvalue weighted by atomic mass is 10.2. The van der Waals surface area contributed by atoms with E-state index in [4.69, 9.17) is 0 Å². The van der Waals surface area contributed by atoms with Crippen molar-refractivity contribution in [2.24, 2.45) is 0 Å². The summed E-state index contributed by atoms with van der Waals surface area (Å²) in [6.45, 7) is 0. The number of hydrogen-bond donors (Lipinski definition) is 2. The van der Waals surface area contributed by atoms with Crippen molar-refractivity contribution in [3.05, 3.63) is 84.6 Å². The standard InChI is InChI=1S/C21H18N4O3S/c1-25(18-5-3-2-4-6-18)29(27,28)19-10-7-15(8-11-19)21(26)23-17-9-12-20-16(13-17)14-22-24-20/h2-14H,1H3,(H,22,24)(H,23,26). The maximum atomic E-state index is 12.8. The minimum atomic E-state index is -3.72. The van der Waals surface area contributed by atoms with Crippen molar-refractivity contribution >= 4 is 38.2 Å². The number of fused-ring (bicyclic) bond motifs is 1. The molecule has 0 bridgehead atoms. The van der Waals surface area contributed by atoms with E-state index in [1.165, 1.54) is 35.6 Å². The number of anilines is 2. The molecule has 8 heteroatoms. The number of aromatic amines is 1. The lowest BCUT2D eigenvalue weighted by Gasteiger charge is -2.19. The van der Waals surface area contributed by atoms with Crippen molar-refractivity contribution in [1.82, 2.24) is 10.2 Å². The van der Waals surface area contributed by atoms with Crippen molar-refractivity contribution in [2.45, 2.75) is 4.90 Å². The van der Waals surface area contributed by atoms with Gasteiger partial charge in [0.25, 0.3) is 15.9 Å². The molecule has 0 unspecified atom stereocenters. The third-order valence-electron chi connectivity index (χ3n) is 4.59. The fourth-order valence-electron chi connectivity index (χ4n) is 2.94. The highest BCUT2D eigenvalue weighted by Gasteiger charge is 2.21. The molecule has 0 saturated heterocycles. The molecule has 0 aliphatic heterocycles. The third kappa shape index (κ3) is 3.70. The van der Waals surface area contributed by atoms with Crippen molar-refractivity contribution in [2.75, 3.05) is 16.7 Å². The monoisotopic (exact) mass is 406 g/mol. The summed E-state index contributed by atoms with van der Waals surface area (Å²) in [7, 11) is -2.22. The predicted molar refractivity (Wildman–Crippen MR) is 113 cm³/mol. The Morgan fingerprint density at radius 2 is 1.72 bits per heavy atom. The molecule has 29 heavy (non-hydrogen) atoms. The number of aromatic nitrogens is 2. The van der Waals surface area contributed by atoms with Gasteiger partial charge in [0.15, 0.2) is 0 Å². The van der Waals surface area contributed by atoms with Gasteiger partial charge >= 0.3 is 0 Å². The quantitative estimate of drug-likeness (QED) is 0.529. The van der Waals surface area contributed by atoms with Crippen LogP contribution in [-0.2, 0) is 10.0 Å². The summed E-state index contributed by atoms with van der Waals surface area (Å²) in [5, 5.41) is 10.5. The molecular formula is C21H18N4O3S. The number of sulfonamides is 1. The van der Waals surface area contributed by atoms with Crippen LogP contribution >= 0.6 is 0 Å². The van der Waals surface area contributed by atoms with E-state index in [1.54, 1.807) is 36.5 Å². The van der Waals surface area contributed by atoms with Crippen LogP contribution in [-0.4, -0.2) is 31.6 Å². The van der Waals surface area contributed by atoms with Crippen LogP contribution in [0, 0.1) is 0 Å². The maximum absolute atomic E-state index is 12.8. The average molecular weight is 406 g/mol. The van der Waals surface area contributed by atoms with Crippen LogP contribution in [0.5, 0.6) is 0 Å². The van der Waals surface area contributed by atoms with Gasteiger partial charge in [-0.1, -0.05) is 18.2 Å². The number of benzene rings is 3. The Kier molecular flexibility index (Phi) is 4.77. The second-order valence-electron chi connectivity index (χ2n) is 6.46. The number of amides is 1. The second-order valence-corrected chi connectivity index (χ2v) is 8.43. The Hall–Kier alpha value is -3.65. The molecule has 1 amide bonds. The third-order valence-corrected chi connectivity index (χ3v) is 6.39. The van der Waals surface area contributed by atoms with Crippen LogP contribution < -0.4 is 9.62 Å². The molecule has 0 fully saturated rings. The molecule has 2 N–H and O–H groups in total. The lowest BCUT2D eigenvalue weighted by Crippen LogP contribution is -2.26. The number of nitrogens with zero attached hydrogens (tertiary/aromatic N) is 2. The second kappa shape index (κ2) is 7.40. The molecule has 1 heterocycles. The van der Waals surface area contributed by atoms with Crippen LogP contribution in [0.1, 0.15) is 10.4 Å². The van der Waals surface area contributed by atoms with Crippen molar-refractivity contribution in [3.63, 3.8) is 0 Å². The lowest BCUT2D eigenvalue weighted by molar-refractivity contribution is 0.102. The first-order valence-corrected chi connectivity index (χ1v) is 10.3. The topological polar surface area (TPSA) is 95.2 Å². The van der Waals surface area contributed by atoms with Gasteiger partial charge in [-0.2, -0.15) is 5.10 Å². The fraction of sp³-hybridized carbons (Fsp3) is 0.0476. The molecule has 0 saturated carbocycles. The highest BCUT2D eigenvalue weighted by atomic mass is 32.2. The predicted octanol–water partition coefficient (Wildman–Crippen LogP) is 3.64. The zero-order chi connectivity index (χ0) is 20.4. The Morgan fingerprint density at radius 3 is 2.45 bits per heavy atom. The maximum Gasteiger partial charge on any atom is 0.264 e. The van der Waals surface area contributed by atoms with E-state index < -0.39 is 10.0 Å². The first kappa shape index (κ1) is 18.7. The highest BCUT2D eigenvalue weighted by molar-refractivity contribution is 7.92. The van der Waals surface area contributed by atoms with Gasteiger partial charge in [-0.3, -0.25) is 14.2 Å². The summed E-state index contributed by atoms with van der Waals surface area (Å²) < 4.78 is 26.9. The molecule has 0 aliphatic rings. The summed E-state index contributed by atoms with van der Waals surface area (Å²) in [4.78, 5) is 12.6. The molecular weight excluding hydrogens is 388 g/mol. The fourth-order valence-corrected chi connectivity index (χ4v) is 4.13. The molecule has 1 aromatic heterocycles. The molecule has 4 rings (SSSR count). The Balaban J connectivity index is 1.53. The van der Waals surface area contributed by atoms with Gasteiger partial charge in [-0.15, -0.1) is 0 Å². The number of nitrogens with one attached hydrogen (secondary N) is 2. The summed E-state index contributed by atoms with van der Waals surface area (Å²) in [6, 6.07) is 20.1. The van der Waals surface area contributed by atoms with Crippen LogP contribution in [0.4, 0.5) is 11.4 Å². The van der Waals surface area contributed by atoms with Crippen molar-refractivity contribution < 1.29 is 13.2 Å². The summed E-state index contributed by atoms with van der Waals surface area (Å²) >= 11 is 0. The average Bonchev–Trinajstić information content (AvgIpc) is 3.22. The van der Waals surface area contributed by atoms with E-state index in [9.17, 15) is 13.2 Å². The van der Waals surface area contributed by atoms with E-state index in [1.807, 2.05) is 18.2 Å². The number of rotatable bonds is 5. The molecule has 0 atom stereocenters. The largest absolute Gasteiger partial charge is 0.322 e. The van der Waals surface area contributed by atoms with Crippen molar-refractivity contribution in [3.8, 4) is 0 Å². The van der Waals surface area contributed by atoms with Gasteiger partial charge in [0, 0.05) is 23.7 Å². The molecule has 0 radical (unpaired) electrons. The number of hydrogen-bond acceptors (Lipinski definition) is 4. The normalized spacial score (nSPS) is 11.3. The number of para-hydroxylation sites is 1. The van der Waals surface area contributed by atoms with Gasteiger partial charge in [-0.25, -0.2) is 8.42 Å². The van der Waals surface area contributed by atoms with Gasteiger partial charge in [-0.05, 0) is 54.6 Å². The van der Waals surface area contributed by atoms with Gasteiger partial charge in [0.1, 0.15) is 0 Å². The van der Waals surface area contributed by atoms with E-state index in [0.717, 1.165) is 10.9 Å². The molecule has 7 nitrogen and oxygen atoms in total. The SMILES string of the molecule is CN(c1ccccc1)S(=O)(=O)c1ccc(C(=O)Nc2ccc3[nH]ncc3c2)cc1. The minimum Gasteiger partial charge on any atom is -0.322 e. The van der Waals surface area contributed by atoms with Crippen molar-refractivity contribution in [1.29, 1.82) is 0 Å². The van der Waals surface area contributed by atoms with E-state index in [2.05, 4.69) is 15.5 Å². The molecule has 4 aromatic rings. The first-order chi connectivity index (χ1) is 13.9. The number of carbonyl (C=O) groups is 1. The first-order valence-electron chi connectivity index (χ1n) is 8.84. The Labute approximate surface area is 168 Å². The summed E-state index contributed by atoms with van der Waals surface area (Å²) in [5.41, 5.74) is 2.42. The highest BCUT2D eigenvalue weighted by Crippen LogP contribution is 2.22. The Morgan fingerprint density at radius 1 is 1.00 bits per heavy atom. The van der Waals surface area contributed by atoms with Crippen LogP contribution in [0.25, 0.3) is 10.9 Å². The smallest absolute Gasteiger partial charge is 0.264 e. The number of H-pyrrole nitrogens is 1. The zero-order valence-electron chi connectivity index (χ0n) is 15.5. The summed E-state index contributed by atoms with van der Waals surface area (Å²) in [5.74, 6) is -0.326. The van der Waals surface area contributed by atoms with Gasteiger partial charge < -0.3 is 5.32 Å². The van der Waals surface area contributed by atoms with E-state index in [-0.39, 0.29) is 10.8 Å². The van der Waals surface area contributed by atoms with Gasteiger partial charge in [0.05, 0.1) is 22.3 Å². The zero-order valence-corrected chi connectivity index (χ0v) is 16.3. The van der Waals surface area contributed by atoms with E-state index in [0.29, 0.717) is 16.9 Å². The van der Waals surface area contributed by atoms with Gasteiger partial charge in [0.2, 0.25) is 0 Å². The minimum absolute atomic E-state index is 0.111. The molecule has 0 spiro atoms. The van der Waals surface area contributed by atoms with Crippen LogP contribution in [0.15, 0.2) is 83.9 Å². The molecule has 3 aromatic carbocycles. The Bertz CT molecular complexity index is 1270. The summed E-state index contributed by atoms with van der Waals surface area (Å²) in [6.07, 6.45) is 1.67. The van der Waals surface area contributed by atoms with Crippen LogP contribution in [0.2, 0.25) is 0 Å².